The van der Waals surface area contributed by atoms with E-state index in [2.05, 4.69) is 0 Å². The van der Waals surface area contributed by atoms with Gasteiger partial charge in [0.15, 0.2) is 0 Å². The number of aliphatic hydroxyl groups is 1. The van der Waals surface area contributed by atoms with Gasteiger partial charge >= 0.3 is 0 Å². The van der Waals surface area contributed by atoms with E-state index in [1.165, 1.54) is 0 Å². The van der Waals surface area contributed by atoms with Crippen LogP contribution in [0.2, 0.25) is 5.02 Å². The van der Waals surface area contributed by atoms with Crippen LogP contribution in [-0.4, -0.2) is 5.11 Å². The van der Waals surface area contributed by atoms with E-state index in [1.807, 2.05) is 48.5 Å². The Labute approximate surface area is 110 Å². The van der Waals surface area contributed by atoms with Crippen molar-refractivity contribution in [1.82, 2.24) is 0 Å². The third kappa shape index (κ3) is 3.25. The maximum atomic E-state index is 9.42. The Morgan fingerprint density at radius 1 is 1.06 bits per heavy atom. The van der Waals surface area contributed by atoms with E-state index in [-0.39, 0.29) is 0 Å². The highest BCUT2D eigenvalue weighted by Crippen LogP contribution is 2.33. The molecule has 0 saturated heterocycles. The van der Waals surface area contributed by atoms with Crippen LogP contribution in [0.15, 0.2) is 58.3 Å². The van der Waals surface area contributed by atoms with Gasteiger partial charge in [-0.05, 0) is 36.8 Å². The fraction of sp³-hybridized carbons (Fsp3) is 0.143. The van der Waals surface area contributed by atoms with Crippen LogP contribution in [0.4, 0.5) is 0 Å². The van der Waals surface area contributed by atoms with Crippen molar-refractivity contribution in [1.29, 1.82) is 0 Å². The highest BCUT2D eigenvalue weighted by molar-refractivity contribution is 7.99. The third-order valence-electron chi connectivity index (χ3n) is 2.43. The molecule has 0 aliphatic carbocycles. The predicted octanol–water partition coefficient (Wildman–Crippen LogP) is 4.54. The summed E-state index contributed by atoms with van der Waals surface area (Å²) in [5.74, 6) is 0. The van der Waals surface area contributed by atoms with Gasteiger partial charge in [-0.15, -0.1) is 0 Å². The zero-order valence-corrected chi connectivity index (χ0v) is 11.0. The standard InChI is InChI=1S/C14H13ClOS/c1-10(16)11-6-8-12(9-7-11)17-14-5-3-2-4-13(14)15/h2-10,16H,1H3. The van der Waals surface area contributed by atoms with E-state index in [0.29, 0.717) is 0 Å². The van der Waals surface area contributed by atoms with Crippen molar-refractivity contribution in [3.63, 3.8) is 0 Å². The van der Waals surface area contributed by atoms with Gasteiger partial charge in [-0.3, -0.25) is 0 Å². The lowest BCUT2D eigenvalue weighted by Crippen LogP contribution is -1.89. The highest BCUT2D eigenvalue weighted by atomic mass is 35.5. The summed E-state index contributed by atoms with van der Waals surface area (Å²) in [5, 5.41) is 10.2. The molecule has 0 bridgehead atoms. The van der Waals surface area contributed by atoms with E-state index in [1.54, 1.807) is 18.7 Å². The molecule has 1 atom stereocenters. The Hall–Kier alpha value is -0.960. The SMILES string of the molecule is CC(O)c1ccc(Sc2ccccc2Cl)cc1. The monoisotopic (exact) mass is 264 g/mol. The van der Waals surface area contributed by atoms with E-state index < -0.39 is 6.10 Å². The minimum Gasteiger partial charge on any atom is -0.389 e. The molecule has 88 valence electrons. The average Bonchev–Trinajstić information content (AvgIpc) is 2.33. The first kappa shape index (κ1) is 12.5. The van der Waals surface area contributed by atoms with Gasteiger partial charge in [-0.25, -0.2) is 0 Å². The van der Waals surface area contributed by atoms with Gasteiger partial charge in [0.25, 0.3) is 0 Å². The van der Waals surface area contributed by atoms with Crippen molar-refractivity contribution < 1.29 is 5.11 Å². The van der Waals surface area contributed by atoms with Crippen molar-refractivity contribution >= 4 is 23.4 Å². The molecule has 0 spiro atoms. The van der Waals surface area contributed by atoms with Crippen LogP contribution in [0.3, 0.4) is 0 Å². The second kappa shape index (κ2) is 5.58. The zero-order valence-electron chi connectivity index (χ0n) is 9.43. The van der Waals surface area contributed by atoms with Gasteiger partial charge < -0.3 is 5.11 Å². The molecule has 17 heavy (non-hydrogen) atoms. The second-order valence-electron chi connectivity index (χ2n) is 3.78. The summed E-state index contributed by atoms with van der Waals surface area (Å²) >= 11 is 7.72. The molecule has 0 radical (unpaired) electrons. The maximum absolute atomic E-state index is 9.42. The van der Waals surface area contributed by atoms with Gasteiger partial charge in [-0.1, -0.05) is 47.6 Å². The summed E-state index contributed by atoms with van der Waals surface area (Å²) in [6, 6.07) is 15.6. The smallest absolute Gasteiger partial charge is 0.0761 e. The molecule has 2 rings (SSSR count). The third-order valence-corrected chi connectivity index (χ3v) is 3.95. The molecule has 0 fully saturated rings. The number of benzene rings is 2. The molecule has 0 aliphatic heterocycles. The van der Waals surface area contributed by atoms with Gasteiger partial charge in [0, 0.05) is 9.79 Å². The lowest BCUT2D eigenvalue weighted by Gasteiger charge is -2.07. The second-order valence-corrected chi connectivity index (χ2v) is 5.30. The lowest BCUT2D eigenvalue weighted by atomic mass is 10.1. The van der Waals surface area contributed by atoms with Crippen molar-refractivity contribution in [2.75, 3.05) is 0 Å². The van der Waals surface area contributed by atoms with Crippen molar-refractivity contribution in [2.45, 2.75) is 22.8 Å². The van der Waals surface area contributed by atoms with Crippen LogP contribution in [0.1, 0.15) is 18.6 Å². The summed E-state index contributed by atoms with van der Waals surface area (Å²) in [6.07, 6.45) is -0.422. The van der Waals surface area contributed by atoms with Gasteiger partial charge in [0.05, 0.1) is 11.1 Å². The van der Waals surface area contributed by atoms with Crippen LogP contribution < -0.4 is 0 Å². The van der Waals surface area contributed by atoms with E-state index in [0.717, 1.165) is 20.4 Å². The molecule has 2 aromatic rings. The largest absolute Gasteiger partial charge is 0.389 e. The molecule has 0 aliphatic rings. The predicted molar refractivity (Wildman–Crippen MR) is 72.7 cm³/mol. The number of aliphatic hydroxyl groups excluding tert-OH is 1. The average molecular weight is 265 g/mol. The number of hydrogen-bond acceptors (Lipinski definition) is 2. The normalized spacial score (nSPS) is 12.4. The quantitative estimate of drug-likeness (QED) is 0.878. The maximum Gasteiger partial charge on any atom is 0.0761 e. The summed E-state index contributed by atoms with van der Waals surface area (Å²) in [5.41, 5.74) is 0.925. The summed E-state index contributed by atoms with van der Waals surface area (Å²) in [4.78, 5) is 2.15. The summed E-state index contributed by atoms with van der Waals surface area (Å²) in [6.45, 7) is 1.76. The molecule has 2 aromatic carbocycles. The Kier molecular flexibility index (Phi) is 4.11. The van der Waals surface area contributed by atoms with Crippen molar-refractivity contribution in [3.05, 3.63) is 59.1 Å². The van der Waals surface area contributed by atoms with Crippen LogP contribution in [-0.2, 0) is 0 Å². The van der Waals surface area contributed by atoms with Gasteiger partial charge in [0.2, 0.25) is 0 Å². The Balaban J connectivity index is 2.17. The molecule has 0 aromatic heterocycles. The molecule has 1 N–H and O–H groups in total. The molecule has 0 heterocycles. The summed E-state index contributed by atoms with van der Waals surface area (Å²) in [7, 11) is 0. The van der Waals surface area contributed by atoms with E-state index >= 15 is 0 Å². The molecule has 0 saturated carbocycles. The molecule has 1 nitrogen and oxygen atoms in total. The minimum atomic E-state index is -0.422. The number of hydrogen-bond donors (Lipinski definition) is 1. The van der Waals surface area contributed by atoms with E-state index in [4.69, 9.17) is 11.6 Å². The topological polar surface area (TPSA) is 20.2 Å². The van der Waals surface area contributed by atoms with Crippen LogP contribution >= 0.6 is 23.4 Å². The van der Waals surface area contributed by atoms with Crippen molar-refractivity contribution in [3.8, 4) is 0 Å². The van der Waals surface area contributed by atoms with Gasteiger partial charge in [0.1, 0.15) is 0 Å². The van der Waals surface area contributed by atoms with Gasteiger partial charge in [-0.2, -0.15) is 0 Å². The molecular weight excluding hydrogens is 252 g/mol. The summed E-state index contributed by atoms with van der Waals surface area (Å²) < 4.78 is 0. The fourth-order valence-electron chi connectivity index (χ4n) is 1.47. The first-order valence-electron chi connectivity index (χ1n) is 5.37. The Morgan fingerprint density at radius 2 is 1.71 bits per heavy atom. The molecule has 1 unspecified atom stereocenters. The highest BCUT2D eigenvalue weighted by Gasteiger charge is 2.03. The number of halogens is 1. The molecular formula is C14H13ClOS. The fourth-order valence-corrected chi connectivity index (χ4v) is 2.56. The van der Waals surface area contributed by atoms with Crippen molar-refractivity contribution in [2.24, 2.45) is 0 Å². The van der Waals surface area contributed by atoms with Crippen LogP contribution in [0.25, 0.3) is 0 Å². The first-order chi connectivity index (χ1) is 8.16. The van der Waals surface area contributed by atoms with Crippen LogP contribution in [0.5, 0.6) is 0 Å². The zero-order chi connectivity index (χ0) is 12.3. The number of rotatable bonds is 3. The van der Waals surface area contributed by atoms with E-state index in [9.17, 15) is 5.11 Å². The van der Waals surface area contributed by atoms with Crippen LogP contribution in [0, 0.1) is 0 Å². The molecule has 3 heteroatoms. The Bertz CT molecular complexity index is 494. The Morgan fingerprint density at radius 3 is 2.29 bits per heavy atom. The lowest BCUT2D eigenvalue weighted by molar-refractivity contribution is 0.199. The molecule has 0 amide bonds. The minimum absolute atomic E-state index is 0.422. The first-order valence-corrected chi connectivity index (χ1v) is 6.56.